The maximum absolute atomic E-state index is 12.7. The van der Waals surface area contributed by atoms with Gasteiger partial charge in [-0.05, 0) is 35.6 Å². The molecule has 1 N–H and O–H groups in total. The van der Waals surface area contributed by atoms with E-state index in [0.29, 0.717) is 0 Å². The smallest absolute Gasteiger partial charge is 0.311 e. The molecule has 0 saturated heterocycles. The zero-order chi connectivity index (χ0) is 19.3. The van der Waals surface area contributed by atoms with Crippen molar-refractivity contribution in [1.82, 2.24) is 5.32 Å². The standard InChI is InChI=1S/C20H24N2O4/c1-5-14-6-8-15(9-7-14)19(13(2)3)21-20(23)16-10-11-18(26-4)17(12-16)22(24)25/h6-13,19H,5H2,1-4H3,(H,21,23). The van der Waals surface area contributed by atoms with Crippen molar-refractivity contribution in [3.05, 3.63) is 69.3 Å². The molecule has 0 saturated carbocycles. The van der Waals surface area contributed by atoms with Gasteiger partial charge in [-0.2, -0.15) is 0 Å². The van der Waals surface area contributed by atoms with Crippen LogP contribution in [0.2, 0.25) is 0 Å². The van der Waals surface area contributed by atoms with Gasteiger partial charge in [0.25, 0.3) is 5.91 Å². The number of benzene rings is 2. The number of rotatable bonds is 7. The van der Waals surface area contributed by atoms with Crippen molar-refractivity contribution in [2.75, 3.05) is 7.11 Å². The molecule has 0 bridgehead atoms. The fraction of sp³-hybridized carbons (Fsp3) is 0.350. The Morgan fingerprint density at radius 1 is 1.19 bits per heavy atom. The van der Waals surface area contributed by atoms with E-state index in [1.54, 1.807) is 0 Å². The van der Waals surface area contributed by atoms with Gasteiger partial charge in [-0.3, -0.25) is 14.9 Å². The summed E-state index contributed by atoms with van der Waals surface area (Å²) in [5, 5.41) is 14.1. The van der Waals surface area contributed by atoms with E-state index < -0.39 is 4.92 Å². The van der Waals surface area contributed by atoms with E-state index in [4.69, 9.17) is 4.74 Å². The molecule has 138 valence electrons. The third kappa shape index (κ3) is 4.39. The quantitative estimate of drug-likeness (QED) is 0.592. The molecule has 0 radical (unpaired) electrons. The number of nitro groups is 1. The molecule has 2 aromatic carbocycles. The van der Waals surface area contributed by atoms with Crippen LogP contribution in [0.1, 0.15) is 48.3 Å². The molecule has 6 heteroatoms. The third-order valence-corrected chi connectivity index (χ3v) is 4.34. The molecule has 0 aliphatic heterocycles. The number of nitro benzene ring substituents is 1. The second-order valence-electron chi connectivity index (χ2n) is 6.43. The van der Waals surface area contributed by atoms with Crippen molar-refractivity contribution < 1.29 is 14.5 Å². The molecule has 26 heavy (non-hydrogen) atoms. The maximum atomic E-state index is 12.7. The zero-order valence-corrected chi connectivity index (χ0v) is 15.5. The highest BCUT2D eigenvalue weighted by Crippen LogP contribution is 2.28. The van der Waals surface area contributed by atoms with Crippen molar-refractivity contribution in [2.24, 2.45) is 5.92 Å². The normalized spacial score (nSPS) is 11.9. The Morgan fingerprint density at radius 3 is 2.35 bits per heavy atom. The minimum Gasteiger partial charge on any atom is -0.490 e. The predicted octanol–water partition coefficient (Wildman–Crippen LogP) is 4.29. The van der Waals surface area contributed by atoms with Gasteiger partial charge in [0.15, 0.2) is 5.75 Å². The maximum Gasteiger partial charge on any atom is 0.311 e. The van der Waals surface area contributed by atoms with E-state index in [1.807, 2.05) is 26.0 Å². The molecule has 0 fully saturated rings. The van der Waals surface area contributed by atoms with Gasteiger partial charge in [0.1, 0.15) is 0 Å². The lowest BCUT2D eigenvalue weighted by Crippen LogP contribution is -2.31. The number of carbonyl (C=O) groups excluding carboxylic acids is 1. The Morgan fingerprint density at radius 2 is 1.85 bits per heavy atom. The molecule has 0 spiro atoms. The highest BCUT2D eigenvalue weighted by Gasteiger charge is 2.22. The van der Waals surface area contributed by atoms with Crippen molar-refractivity contribution in [3.8, 4) is 5.75 Å². The number of hydrogen-bond donors (Lipinski definition) is 1. The number of amides is 1. The summed E-state index contributed by atoms with van der Waals surface area (Å²) >= 11 is 0. The lowest BCUT2D eigenvalue weighted by Gasteiger charge is -2.23. The second-order valence-corrected chi connectivity index (χ2v) is 6.43. The molecule has 2 aromatic rings. The van der Waals surface area contributed by atoms with Crippen LogP contribution in [0.5, 0.6) is 5.75 Å². The minimum absolute atomic E-state index is 0.127. The van der Waals surface area contributed by atoms with Gasteiger partial charge in [-0.1, -0.05) is 45.0 Å². The van der Waals surface area contributed by atoms with Gasteiger partial charge in [0, 0.05) is 11.6 Å². The van der Waals surface area contributed by atoms with Crippen LogP contribution < -0.4 is 10.1 Å². The number of hydrogen-bond acceptors (Lipinski definition) is 4. The summed E-state index contributed by atoms with van der Waals surface area (Å²) in [7, 11) is 1.36. The molecule has 0 aromatic heterocycles. The summed E-state index contributed by atoms with van der Waals surface area (Å²) in [6, 6.07) is 12.2. The average molecular weight is 356 g/mol. The Balaban J connectivity index is 2.27. The summed E-state index contributed by atoms with van der Waals surface area (Å²) in [5.74, 6) is -0.0594. The highest BCUT2D eigenvalue weighted by molar-refractivity contribution is 5.95. The van der Waals surface area contributed by atoms with Crippen molar-refractivity contribution in [3.63, 3.8) is 0 Å². The number of nitrogens with zero attached hydrogens (tertiary/aromatic N) is 1. The lowest BCUT2D eigenvalue weighted by atomic mass is 9.94. The highest BCUT2D eigenvalue weighted by atomic mass is 16.6. The van der Waals surface area contributed by atoms with Crippen LogP contribution in [0.3, 0.4) is 0 Å². The van der Waals surface area contributed by atoms with E-state index in [0.717, 1.165) is 12.0 Å². The van der Waals surface area contributed by atoms with Gasteiger partial charge in [0.05, 0.1) is 18.1 Å². The van der Waals surface area contributed by atoms with E-state index in [2.05, 4.69) is 24.4 Å². The van der Waals surface area contributed by atoms with Gasteiger partial charge in [0.2, 0.25) is 0 Å². The number of aryl methyl sites for hydroxylation is 1. The second kappa shape index (κ2) is 8.47. The summed E-state index contributed by atoms with van der Waals surface area (Å²) in [6.45, 7) is 6.14. The van der Waals surface area contributed by atoms with Crippen LogP contribution in [-0.4, -0.2) is 17.9 Å². The first-order valence-electron chi connectivity index (χ1n) is 8.59. The number of nitrogens with one attached hydrogen (secondary N) is 1. The Hall–Kier alpha value is -2.89. The first kappa shape index (κ1) is 19.4. The molecule has 1 amide bonds. The van der Waals surface area contributed by atoms with Crippen LogP contribution in [0, 0.1) is 16.0 Å². The predicted molar refractivity (Wildman–Crippen MR) is 101 cm³/mol. The minimum atomic E-state index is -0.557. The zero-order valence-electron chi connectivity index (χ0n) is 15.5. The molecule has 1 atom stereocenters. The third-order valence-electron chi connectivity index (χ3n) is 4.34. The van der Waals surface area contributed by atoms with Crippen molar-refractivity contribution in [1.29, 1.82) is 0 Å². The molecular formula is C20H24N2O4. The summed E-state index contributed by atoms with van der Waals surface area (Å²) in [4.78, 5) is 23.3. The van der Waals surface area contributed by atoms with Gasteiger partial charge >= 0.3 is 5.69 Å². The van der Waals surface area contributed by atoms with E-state index in [-0.39, 0.29) is 34.9 Å². The van der Waals surface area contributed by atoms with E-state index >= 15 is 0 Å². The summed E-state index contributed by atoms with van der Waals surface area (Å²) < 4.78 is 4.98. The van der Waals surface area contributed by atoms with E-state index in [1.165, 1.54) is 30.9 Å². The topological polar surface area (TPSA) is 81.5 Å². The Bertz CT molecular complexity index is 785. The van der Waals surface area contributed by atoms with Crippen molar-refractivity contribution in [2.45, 2.75) is 33.2 Å². The number of carbonyl (C=O) groups is 1. The number of methoxy groups -OCH3 is 1. The van der Waals surface area contributed by atoms with Crippen LogP contribution >= 0.6 is 0 Å². The van der Waals surface area contributed by atoms with E-state index in [9.17, 15) is 14.9 Å². The molecule has 2 rings (SSSR count). The molecule has 1 unspecified atom stereocenters. The first-order valence-corrected chi connectivity index (χ1v) is 8.59. The van der Waals surface area contributed by atoms with Crippen LogP contribution in [0.4, 0.5) is 5.69 Å². The first-order chi connectivity index (χ1) is 12.4. The van der Waals surface area contributed by atoms with Crippen LogP contribution in [-0.2, 0) is 6.42 Å². The molecule has 6 nitrogen and oxygen atoms in total. The van der Waals surface area contributed by atoms with Crippen molar-refractivity contribution >= 4 is 11.6 Å². The molecule has 0 aliphatic rings. The van der Waals surface area contributed by atoms with Crippen LogP contribution in [0.25, 0.3) is 0 Å². The molecular weight excluding hydrogens is 332 g/mol. The van der Waals surface area contributed by atoms with Gasteiger partial charge in [-0.25, -0.2) is 0 Å². The number of ether oxygens (including phenoxy) is 1. The van der Waals surface area contributed by atoms with Gasteiger partial charge < -0.3 is 10.1 Å². The molecule has 0 aliphatic carbocycles. The Kier molecular flexibility index (Phi) is 6.33. The fourth-order valence-corrected chi connectivity index (χ4v) is 2.79. The molecule has 0 heterocycles. The summed E-state index contributed by atoms with van der Waals surface area (Å²) in [6.07, 6.45) is 0.953. The average Bonchev–Trinajstić information content (AvgIpc) is 2.65. The monoisotopic (exact) mass is 356 g/mol. The lowest BCUT2D eigenvalue weighted by molar-refractivity contribution is -0.385. The largest absolute Gasteiger partial charge is 0.490 e. The van der Waals surface area contributed by atoms with Crippen LogP contribution in [0.15, 0.2) is 42.5 Å². The fourth-order valence-electron chi connectivity index (χ4n) is 2.79. The summed E-state index contributed by atoms with van der Waals surface area (Å²) in [5.41, 5.74) is 2.24. The SMILES string of the molecule is CCc1ccc(C(NC(=O)c2ccc(OC)c([N+](=O)[O-])c2)C(C)C)cc1. The van der Waals surface area contributed by atoms with Gasteiger partial charge in [-0.15, -0.1) is 0 Å². The Labute approximate surface area is 153 Å².